The number of carbonyl (C=O) groups is 12. The van der Waals surface area contributed by atoms with E-state index in [0.717, 1.165) is 21.9 Å². The second kappa shape index (κ2) is 38.5. The zero-order valence-electron chi connectivity index (χ0n) is 61.7. The van der Waals surface area contributed by atoms with Crippen molar-refractivity contribution in [3.05, 3.63) is 143 Å². The quantitative estimate of drug-likeness (QED) is 0.0900. The topological polar surface area (TPSA) is 415 Å². The van der Waals surface area contributed by atoms with Crippen LogP contribution in [0.1, 0.15) is 129 Å². The number of thioether (sulfide) groups is 2. The molecular weight excluding hydrogens is 1400 g/mol. The van der Waals surface area contributed by atoms with Crippen molar-refractivity contribution in [2.24, 2.45) is 17.1 Å². The third-order valence-corrected chi connectivity index (χ3v) is 21.1. The van der Waals surface area contributed by atoms with Gasteiger partial charge in [0.1, 0.15) is 77.5 Å². The molecule has 1 saturated heterocycles. The van der Waals surface area contributed by atoms with E-state index in [1.54, 1.807) is 71.9 Å². The van der Waals surface area contributed by atoms with Crippen LogP contribution in [-0.4, -0.2) is 181 Å². The number of hydrogen-bond acceptors (Lipinski definition) is 17. The number of aromatic hydroxyl groups is 2. The molecule has 0 saturated carbocycles. The third-order valence-electron chi connectivity index (χ3n) is 18.9. The Labute approximate surface area is 626 Å². The van der Waals surface area contributed by atoms with Gasteiger partial charge < -0.3 is 79.1 Å². The minimum Gasteiger partial charge on any atom is -0.508 e. The summed E-state index contributed by atoms with van der Waals surface area (Å²) in [7, 11) is 0. The number of carbonyl (C=O) groups excluding carboxylic acids is 12. The Morgan fingerprint density at radius 2 is 1.15 bits per heavy atom. The lowest BCUT2D eigenvalue weighted by Crippen LogP contribution is -2.66. The maximum absolute atomic E-state index is 15.1. The van der Waals surface area contributed by atoms with Gasteiger partial charge in [-0.25, -0.2) is 0 Å². The van der Waals surface area contributed by atoms with Gasteiger partial charge in [-0.05, 0) is 121 Å². The lowest BCUT2D eigenvalue weighted by atomic mass is 9.85. The van der Waals surface area contributed by atoms with Gasteiger partial charge in [-0.3, -0.25) is 57.5 Å². The molecular formula is C77H102N12O15S2. The van der Waals surface area contributed by atoms with Gasteiger partial charge in [-0.1, -0.05) is 139 Å². The Balaban J connectivity index is 1.20. The smallest absolute Gasteiger partial charge is 0.246 e. The molecule has 2 aliphatic heterocycles. The number of nitrogens with one attached hydrogen (secondary N) is 10. The number of benzene rings is 5. The van der Waals surface area contributed by atoms with E-state index in [2.05, 4.69) is 53.2 Å². The summed E-state index contributed by atoms with van der Waals surface area (Å²) in [5, 5.41) is 60.4. The summed E-state index contributed by atoms with van der Waals surface area (Å²) in [4.78, 5) is 174. The number of nitrogens with two attached hydrogens (primary N) is 1. The van der Waals surface area contributed by atoms with Gasteiger partial charge in [0.15, 0.2) is 0 Å². The zero-order valence-corrected chi connectivity index (χ0v) is 63.3. The molecule has 12 atom stereocenters. The minimum atomic E-state index is -1.76. The number of nitrogens with zero attached hydrogens (tertiary/aromatic N) is 1. The van der Waals surface area contributed by atoms with Crippen LogP contribution in [-0.2, 0) is 88.3 Å². The largest absolute Gasteiger partial charge is 0.508 e. The maximum atomic E-state index is 15.1. The van der Waals surface area contributed by atoms with Crippen LogP contribution in [0.5, 0.6) is 11.5 Å². The van der Waals surface area contributed by atoms with E-state index in [4.69, 9.17) is 5.73 Å². The average Bonchev–Trinajstić information content (AvgIpc) is 1.18. The molecule has 2 heterocycles. The first kappa shape index (κ1) is 83.5. The molecule has 5 aromatic rings. The van der Waals surface area contributed by atoms with Crippen LogP contribution in [0, 0.1) is 11.3 Å². The van der Waals surface area contributed by atoms with Gasteiger partial charge in [-0.15, -0.1) is 0 Å². The molecule has 29 heteroatoms. The SMILES string of the molecule is CCC[C@@H]1NC(=O)[C@H](Cc2cccc3ccccc23)NC(=O)[C@H]([C@@H](C)O)NC(=O)[C@@H]2CCCN2C(=O)[C@H](Cc2ccc(O)cc2)NC(=O)[C@H](C(C)(C)C)NC(=O)CCSCc2cccc(c2)CSC[C@@H](C(N)=O)NC(=O)[C@H](C)NC(=O)[C@](C)(C(C)C)NC(=O)[C@H](Cc2ccc(O)cc2)NC(=O)[C@H](C)NC1=O. The molecule has 7 rings (SSSR count). The summed E-state index contributed by atoms with van der Waals surface area (Å²) in [6.07, 6.45) is -1.32. The molecule has 0 unspecified atom stereocenters. The normalized spacial score (nSPS) is 25.4. The number of amides is 12. The number of aliphatic hydroxyl groups is 1. The number of fused-ring (bicyclic) bond motifs is 4. The van der Waals surface area contributed by atoms with Gasteiger partial charge in [0, 0.05) is 55.2 Å². The summed E-state index contributed by atoms with van der Waals surface area (Å²) < 4.78 is 0. The van der Waals surface area contributed by atoms with Crippen LogP contribution in [0.15, 0.2) is 115 Å². The molecule has 5 aromatic carbocycles. The molecule has 572 valence electrons. The van der Waals surface area contributed by atoms with Gasteiger partial charge in [0.25, 0.3) is 0 Å². The fraction of sp³-hybridized carbons (Fsp3) is 0.481. The second-order valence-corrected chi connectivity index (χ2v) is 30.9. The summed E-state index contributed by atoms with van der Waals surface area (Å²) >= 11 is 2.80. The van der Waals surface area contributed by atoms with Gasteiger partial charge in [-0.2, -0.15) is 23.5 Å². The highest BCUT2D eigenvalue weighted by atomic mass is 32.2. The number of primary amides is 1. The number of aliphatic hydroxyl groups excluding tert-OH is 1. The molecule has 27 nitrogen and oxygen atoms in total. The molecule has 0 aromatic heterocycles. The lowest BCUT2D eigenvalue weighted by Gasteiger charge is -2.36. The Bertz CT molecular complexity index is 3960. The van der Waals surface area contributed by atoms with Gasteiger partial charge >= 0.3 is 0 Å². The number of rotatable bonds is 11. The Kier molecular flexibility index (Phi) is 30.3. The van der Waals surface area contributed by atoms with E-state index in [1.807, 2.05) is 48.5 Å². The first-order chi connectivity index (χ1) is 50.1. The van der Waals surface area contributed by atoms with E-state index in [-0.39, 0.29) is 62.3 Å². The predicted octanol–water partition coefficient (Wildman–Crippen LogP) is 3.49. The van der Waals surface area contributed by atoms with Gasteiger partial charge in [0.05, 0.1) is 6.10 Å². The van der Waals surface area contributed by atoms with Crippen molar-refractivity contribution in [2.75, 3.05) is 18.1 Å². The molecule has 0 spiro atoms. The zero-order chi connectivity index (χ0) is 77.7. The van der Waals surface area contributed by atoms with Crippen LogP contribution in [0.3, 0.4) is 0 Å². The molecule has 12 amide bonds. The fourth-order valence-electron chi connectivity index (χ4n) is 12.3. The van der Waals surface area contributed by atoms with E-state index >= 15 is 4.79 Å². The van der Waals surface area contributed by atoms with Crippen molar-refractivity contribution in [3.8, 4) is 11.5 Å². The molecule has 15 N–H and O–H groups in total. The van der Waals surface area contributed by atoms with Crippen molar-refractivity contribution in [2.45, 2.75) is 204 Å². The first-order valence-electron chi connectivity index (χ1n) is 35.7. The lowest BCUT2D eigenvalue weighted by molar-refractivity contribution is -0.143. The summed E-state index contributed by atoms with van der Waals surface area (Å²) in [6.45, 7) is 15.8. The van der Waals surface area contributed by atoms with Crippen molar-refractivity contribution in [1.82, 2.24) is 58.1 Å². The molecule has 2 bridgehead atoms. The van der Waals surface area contributed by atoms with E-state index in [0.29, 0.717) is 46.8 Å². The first-order valence-corrected chi connectivity index (χ1v) is 38.1. The second-order valence-electron chi connectivity index (χ2n) is 28.8. The predicted molar refractivity (Wildman–Crippen MR) is 405 cm³/mol. The molecule has 106 heavy (non-hydrogen) atoms. The highest BCUT2D eigenvalue weighted by Gasteiger charge is 2.44. The van der Waals surface area contributed by atoms with E-state index in [9.17, 15) is 68.1 Å². The highest BCUT2D eigenvalue weighted by Crippen LogP contribution is 2.27. The molecule has 0 aliphatic carbocycles. The van der Waals surface area contributed by atoms with Crippen LogP contribution in [0.2, 0.25) is 0 Å². The highest BCUT2D eigenvalue weighted by molar-refractivity contribution is 7.98. The Hall–Kier alpha value is -9.74. The van der Waals surface area contributed by atoms with Gasteiger partial charge in [0.2, 0.25) is 70.9 Å². The van der Waals surface area contributed by atoms with Crippen LogP contribution in [0.25, 0.3) is 10.8 Å². The summed E-state index contributed by atoms with van der Waals surface area (Å²) in [5.74, 6) is -8.88. The van der Waals surface area contributed by atoms with E-state index in [1.165, 1.54) is 92.5 Å². The van der Waals surface area contributed by atoms with Crippen molar-refractivity contribution in [1.29, 1.82) is 0 Å². The minimum absolute atomic E-state index is 0.0124. The van der Waals surface area contributed by atoms with Crippen LogP contribution < -0.4 is 58.9 Å². The Morgan fingerprint density at radius 3 is 1.76 bits per heavy atom. The van der Waals surface area contributed by atoms with Crippen molar-refractivity contribution >= 4 is 105 Å². The van der Waals surface area contributed by atoms with Crippen molar-refractivity contribution < 1.29 is 72.9 Å². The third kappa shape index (κ3) is 23.6. The van der Waals surface area contributed by atoms with Crippen molar-refractivity contribution in [3.63, 3.8) is 0 Å². The maximum Gasteiger partial charge on any atom is 0.246 e. The molecule has 0 radical (unpaired) electrons. The molecule has 2 aliphatic rings. The summed E-state index contributed by atoms with van der Waals surface area (Å²) in [6, 6.07) is 18.5. The number of phenolic OH excluding ortho intramolecular Hbond substituents is 2. The summed E-state index contributed by atoms with van der Waals surface area (Å²) in [5.41, 5.74) is 6.57. The average molecular weight is 1500 g/mol. The van der Waals surface area contributed by atoms with Crippen LogP contribution in [0.4, 0.5) is 0 Å². The Morgan fingerprint density at radius 1 is 0.604 bits per heavy atom. The van der Waals surface area contributed by atoms with E-state index < -0.39 is 154 Å². The standard InChI is InChI=1S/C77H102N12O15S2/c1-11-17-56-68(97)79-44(4)66(95)82-57(37-47-25-29-53(91)30-26-47)70(99)88-77(10,43(2)3)75(104)80-45(5)67(96)85-60(65(78)94)42-106-41-50-19-14-18-49(36-50)40-105-35-33-62(93)86-64(76(7,8)9)73(102)84-59(38-48-27-31-54(92)32-28-48)74(103)89-34-16-24-61(89)71(100)87-63(46(6)90)72(101)83-58(69(98)81-56)39-52-22-15-21-51-20-12-13-23-55(51)52/h12-15,18-23,25-32,36,43-46,56-61,63-64,90-92H,11,16-17,24,33-35,37-42H2,1-10H3,(H2,78,94)(H,79,97)(H,80,104)(H,81,98)(H,82,95)(H,83,101)(H,84,102)(H,85,96)(H,86,93)(H,87,100)(H,88,99)/t44-,45-,46+,56-,57-,58-,59-,60-,61-,63-,64+,77-/m0/s1. The molecule has 1 fully saturated rings. The number of phenols is 2. The fourth-order valence-corrected chi connectivity index (χ4v) is 14.2. The van der Waals surface area contributed by atoms with Crippen LogP contribution >= 0.6 is 23.5 Å². The number of hydrogen-bond donors (Lipinski definition) is 14. The monoisotopic (exact) mass is 1500 g/mol.